The summed E-state index contributed by atoms with van der Waals surface area (Å²) < 4.78 is 0. The first-order chi connectivity index (χ1) is 7.81. The van der Waals surface area contributed by atoms with Gasteiger partial charge in [0.25, 0.3) is 5.91 Å². The van der Waals surface area contributed by atoms with Gasteiger partial charge < -0.3 is 10.2 Å². The number of nitrogens with zero attached hydrogens (tertiary/aromatic N) is 2. The number of hydrogen-bond donors (Lipinski definition) is 1. The average Bonchev–Trinajstić information content (AvgIpc) is 2.82. The van der Waals surface area contributed by atoms with Crippen LogP contribution in [0.1, 0.15) is 30.3 Å². The van der Waals surface area contributed by atoms with Crippen molar-refractivity contribution in [3.05, 3.63) is 23.9 Å². The maximum Gasteiger partial charge on any atom is 0.272 e. The lowest BCUT2D eigenvalue weighted by Gasteiger charge is -2.14. The van der Waals surface area contributed by atoms with Crippen molar-refractivity contribution in [2.75, 3.05) is 25.0 Å². The minimum atomic E-state index is 0.0530. The lowest BCUT2D eigenvalue weighted by Crippen LogP contribution is -2.28. The summed E-state index contributed by atoms with van der Waals surface area (Å²) in [5.74, 6) is 0.824. The number of amides is 1. The molecule has 16 heavy (non-hydrogen) atoms. The number of aromatic nitrogens is 1. The normalized spacial score (nSPS) is 15.2. The molecule has 0 saturated carbocycles. The van der Waals surface area contributed by atoms with E-state index in [0.717, 1.165) is 38.3 Å². The highest BCUT2D eigenvalue weighted by Crippen LogP contribution is 2.13. The summed E-state index contributed by atoms with van der Waals surface area (Å²) in [5, 5.41) is 3.11. The van der Waals surface area contributed by atoms with E-state index in [2.05, 4.69) is 10.3 Å². The van der Waals surface area contributed by atoms with Crippen molar-refractivity contribution in [3.63, 3.8) is 0 Å². The first-order valence-electron chi connectivity index (χ1n) is 5.81. The smallest absolute Gasteiger partial charge is 0.272 e. The van der Waals surface area contributed by atoms with Gasteiger partial charge in [-0.25, -0.2) is 4.98 Å². The van der Waals surface area contributed by atoms with Crippen LogP contribution in [-0.4, -0.2) is 35.4 Å². The number of rotatable bonds is 3. The first-order valence-corrected chi connectivity index (χ1v) is 5.81. The molecule has 0 aliphatic carbocycles. The molecule has 1 aliphatic heterocycles. The number of carbonyl (C=O) groups is 1. The van der Waals surface area contributed by atoms with Gasteiger partial charge in [0.1, 0.15) is 11.5 Å². The number of pyridine rings is 1. The average molecular weight is 219 g/mol. The van der Waals surface area contributed by atoms with E-state index in [1.165, 1.54) is 0 Å². The summed E-state index contributed by atoms with van der Waals surface area (Å²) in [4.78, 5) is 18.2. The minimum absolute atomic E-state index is 0.0530. The summed E-state index contributed by atoms with van der Waals surface area (Å²) in [6, 6.07) is 5.53. The van der Waals surface area contributed by atoms with E-state index in [1.54, 1.807) is 6.07 Å². The molecule has 0 aromatic carbocycles. The zero-order valence-electron chi connectivity index (χ0n) is 9.57. The van der Waals surface area contributed by atoms with Crippen molar-refractivity contribution in [2.45, 2.75) is 19.8 Å². The van der Waals surface area contributed by atoms with E-state index in [-0.39, 0.29) is 5.91 Å². The lowest BCUT2D eigenvalue weighted by molar-refractivity contribution is 0.0787. The van der Waals surface area contributed by atoms with Crippen LogP contribution in [0.15, 0.2) is 18.2 Å². The van der Waals surface area contributed by atoms with E-state index < -0.39 is 0 Å². The third-order valence-corrected chi connectivity index (χ3v) is 2.72. The molecule has 0 atom stereocenters. The van der Waals surface area contributed by atoms with Crippen molar-refractivity contribution in [3.8, 4) is 0 Å². The molecule has 4 heteroatoms. The zero-order chi connectivity index (χ0) is 11.4. The maximum absolute atomic E-state index is 12.0. The van der Waals surface area contributed by atoms with Crippen LogP contribution in [-0.2, 0) is 0 Å². The van der Waals surface area contributed by atoms with Crippen LogP contribution in [0.3, 0.4) is 0 Å². The van der Waals surface area contributed by atoms with E-state index in [1.807, 2.05) is 24.0 Å². The van der Waals surface area contributed by atoms with Gasteiger partial charge in [0, 0.05) is 19.6 Å². The van der Waals surface area contributed by atoms with Crippen LogP contribution in [0.2, 0.25) is 0 Å². The summed E-state index contributed by atoms with van der Waals surface area (Å²) in [7, 11) is 0. The molecule has 1 aromatic rings. The van der Waals surface area contributed by atoms with Crippen LogP contribution in [0.5, 0.6) is 0 Å². The number of nitrogens with one attached hydrogen (secondary N) is 1. The third-order valence-electron chi connectivity index (χ3n) is 2.72. The second-order valence-electron chi connectivity index (χ2n) is 3.94. The van der Waals surface area contributed by atoms with Crippen LogP contribution in [0, 0.1) is 0 Å². The molecule has 2 heterocycles. The van der Waals surface area contributed by atoms with Crippen LogP contribution < -0.4 is 5.32 Å². The Kier molecular flexibility index (Phi) is 3.39. The highest BCUT2D eigenvalue weighted by atomic mass is 16.2. The minimum Gasteiger partial charge on any atom is -0.370 e. The highest BCUT2D eigenvalue weighted by Gasteiger charge is 2.20. The summed E-state index contributed by atoms with van der Waals surface area (Å²) in [5.41, 5.74) is 0.542. The van der Waals surface area contributed by atoms with Gasteiger partial charge >= 0.3 is 0 Å². The molecule has 0 unspecified atom stereocenters. The van der Waals surface area contributed by atoms with Crippen LogP contribution in [0.25, 0.3) is 0 Å². The van der Waals surface area contributed by atoms with Crippen molar-refractivity contribution in [2.24, 2.45) is 0 Å². The van der Waals surface area contributed by atoms with Crippen molar-refractivity contribution in [1.82, 2.24) is 9.88 Å². The molecule has 1 amide bonds. The quantitative estimate of drug-likeness (QED) is 0.842. The van der Waals surface area contributed by atoms with Crippen LogP contribution >= 0.6 is 0 Å². The third kappa shape index (κ3) is 2.32. The zero-order valence-corrected chi connectivity index (χ0v) is 9.57. The first kappa shape index (κ1) is 10.9. The SMILES string of the molecule is CCNc1cccc(C(=O)N2CCCC2)n1. The molecule has 1 aliphatic rings. The number of hydrogen-bond acceptors (Lipinski definition) is 3. The Morgan fingerprint density at radius 2 is 2.19 bits per heavy atom. The molecule has 86 valence electrons. The molecule has 0 bridgehead atoms. The van der Waals surface area contributed by atoms with Gasteiger partial charge in [-0.3, -0.25) is 4.79 Å². The Labute approximate surface area is 95.7 Å². The van der Waals surface area contributed by atoms with Gasteiger partial charge in [0.2, 0.25) is 0 Å². The summed E-state index contributed by atoms with van der Waals surface area (Å²) in [6.07, 6.45) is 2.22. The fraction of sp³-hybridized carbons (Fsp3) is 0.500. The molecular formula is C12H17N3O. The van der Waals surface area contributed by atoms with Gasteiger partial charge in [-0.1, -0.05) is 6.07 Å². The second-order valence-corrected chi connectivity index (χ2v) is 3.94. The maximum atomic E-state index is 12.0. The fourth-order valence-electron chi connectivity index (χ4n) is 1.92. The molecular weight excluding hydrogens is 202 g/mol. The molecule has 4 nitrogen and oxygen atoms in total. The van der Waals surface area contributed by atoms with Crippen molar-refractivity contribution in [1.29, 1.82) is 0 Å². The molecule has 1 saturated heterocycles. The second kappa shape index (κ2) is 4.96. The summed E-state index contributed by atoms with van der Waals surface area (Å²) >= 11 is 0. The topological polar surface area (TPSA) is 45.2 Å². The Balaban J connectivity index is 2.12. The highest BCUT2D eigenvalue weighted by molar-refractivity contribution is 5.92. The Hall–Kier alpha value is -1.58. The predicted octanol–water partition coefficient (Wildman–Crippen LogP) is 1.75. The molecule has 0 spiro atoms. The van der Waals surface area contributed by atoms with E-state index in [4.69, 9.17) is 0 Å². The largest absolute Gasteiger partial charge is 0.370 e. The monoisotopic (exact) mass is 219 g/mol. The molecule has 2 rings (SSSR count). The molecule has 1 fully saturated rings. The van der Waals surface area contributed by atoms with E-state index >= 15 is 0 Å². The number of carbonyl (C=O) groups excluding carboxylic acids is 1. The summed E-state index contributed by atoms with van der Waals surface area (Å²) in [6.45, 7) is 4.56. The number of likely N-dealkylation sites (tertiary alicyclic amines) is 1. The Morgan fingerprint density at radius 1 is 1.44 bits per heavy atom. The van der Waals surface area contributed by atoms with E-state index in [0.29, 0.717) is 5.69 Å². The van der Waals surface area contributed by atoms with Gasteiger partial charge in [0.05, 0.1) is 0 Å². The lowest BCUT2D eigenvalue weighted by atomic mass is 10.3. The Bertz CT molecular complexity index is 372. The van der Waals surface area contributed by atoms with Gasteiger partial charge in [-0.15, -0.1) is 0 Å². The fourth-order valence-corrected chi connectivity index (χ4v) is 1.92. The van der Waals surface area contributed by atoms with Gasteiger partial charge in [0.15, 0.2) is 0 Å². The van der Waals surface area contributed by atoms with Crippen molar-refractivity contribution < 1.29 is 4.79 Å². The Morgan fingerprint density at radius 3 is 2.88 bits per heavy atom. The van der Waals surface area contributed by atoms with Gasteiger partial charge in [-0.05, 0) is 31.9 Å². The van der Waals surface area contributed by atoms with E-state index in [9.17, 15) is 4.79 Å². The predicted molar refractivity (Wildman–Crippen MR) is 63.5 cm³/mol. The van der Waals surface area contributed by atoms with Crippen LogP contribution in [0.4, 0.5) is 5.82 Å². The van der Waals surface area contributed by atoms with Crippen molar-refractivity contribution >= 4 is 11.7 Å². The molecule has 1 N–H and O–H groups in total. The van der Waals surface area contributed by atoms with Gasteiger partial charge in [-0.2, -0.15) is 0 Å². The molecule has 1 aromatic heterocycles. The standard InChI is InChI=1S/C12H17N3O/c1-2-13-11-7-5-6-10(14-11)12(16)15-8-3-4-9-15/h5-7H,2-4,8-9H2,1H3,(H,13,14). The number of anilines is 1. The molecule has 0 radical (unpaired) electrons.